The minimum atomic E-state index is 0.592. The van der Waals surface area contributed by atoms with Gasteiger partial charge in [-0.1, -0.05) is 6.07 Å². The Morgan fingerprint density at radius 3 is 2.72 bits per heavy atom. The van der Waals surface area contributed by atoms with Crippen LogP contribution >= 0.6 is 22.6 Å². The molecule has 0 unspecified atom stereocenters. The number of rotatable bonds is 3. The van der Waals surface area contributed by atoms with Gasteiger partial charge in [0.2, 0.25) is 0 Å². The van der Waals surface area contributed by atoms with Crippen LogP contribution in [0.4, 0.5) is 11.4 Å². The lowest BCUT2D eigenvalue weighted by molar-refractivity contribution is 0.415. The molecular formula is C14H11IN2O. The van der Waals surface area contributed by atoms with Crippen molar-refractivity contribution >= 4 is 34.0 Å². The smallest absolute Gasteiger partial charge is 0.121 e. The van der Waals surface area contributed by atoms with Crippen LogP contribution in [0.1, 0.15) is 5.56 Å². The molecule has 0 heterocycles. The minimum absolute atomic E-state index is 0.592. The largest absolute Gasteiger partial charge is 0.497 e. The molecule has 1 N–H and O–H groups in total. The van der Waals surface area contributed by atoms with E-state index in [2.05, 4.69) is 34.0 Å². The molecule has 0 aliphatic carbocycles. The Kier molecular flexibility index (Phi) is 4.05. The molecule has 2 aromatic rings. The van der Waals surface area contributed by atoms with Crippen molar-refractivity contribution < 1.29 is 4.74 Å². The molecule has 0 saturated carbocycles. The summed E-state index contributed by atoms with van der Waals surface area (Å²) < 4.78 is 6.30. The van der Waals surface area contributed by atoms with Gasteiger partial charge in [-0.25, -0.2) is 0 Å². The van der Waals surface area contributed by atoms with Crippen LogP contribution in [0, 0.1) is 14.9 Å². The number of benzene rings is 2. The zero-order chi connectivity index (χ0) is 13.0. The molecule has 18 heavy (non-hydrogen) atoms. The molecular weight excluding hydrogens is 339 g/mol. The van der Waals surface area contributed by atoms with Gasteiger partial charge in [-0.15, -0.1) is 0 Å². The Morgan fingerprint density at radius 2 is 2.06 bits per heavy atom. The Bertz CT molecular complexity index is 605. The molecule has 3 nitrogen and oxygen atoms in total. The summed E-state index contributed by atoms with van der Waals surface area (Å²) in [4.78, 5) is 0. The molecule has 0 fully saturated rings. The lowest BCUT2D eigenvalue weighted by atomic mass is 10.1. The monoisotopic (exact) mass is 350 g/mol. The number of nitrogens with zero attached hydrogens (tertiary/aromatic N) is 1. The highest BCUT2D eigenvalue weighted by Gasteiger charge is 2.04. The summed E-state index contributed by atoms with van der Waals surface area (Å²) in [5.41, 5.74) is 2.29. The normalized spacial score (nSPS) is 9.61. The maximum Gasteiger partial charge on any atom is 0.121 e. The zero-order valence-electron chi connectivity index (χ0n) is 9.77. The van der Waals surface area contributed by atoms with Gasteiger partial charge in [-0.3, -0.25) is 0 Å². The molecule has 4 heteroatoms. The fraction of sp³-hybridized carbons (Fsp3) is 0.0714. The summed E-state index contributed by atoms with van der Waals surface area (Å²) in [5.74, 6) is 0.724. The van der Waals surface area contributed by atoms with Gasteiger partial charge in [-0.05, 0) is 52.9 Å². The van der Waals surface area contributed by atoms with Gasteiger partial charge in [0.1, 0.15) is 11.8 Å². The van der Waals surface area contributed by atoms with Crippen LogP contribution in [0.15, 0.2) is 42.5 Å². The van der Waals surface area contributed by atoms with E-state index in [1.807, 2.05) is 30.3 Å². The number of nitrogens with one attached hydrogen (secondary N) is 1. The molecule has 0 saturated heterocycles. The Morgan fingerprint density at radius 1 is 1.22 bits per heavy atom. The molecule has 0 amide bonds. The minimum Gasteiger partial charge on any atom is -0.497 e. The van der Waals surface area contributed by atoms with E-state index < -0.39 is 0 Å². The van der Waals surface area contributed by atoms with Gasteiger partial charge in [-0.2, -0.15) is 5.26 Å². The highest BCUT2D eigenvalue weighted by atomic mass is 127. The SMILES string of the molecule is COc1ccc(C#N)c(Nc2cccc(I)c2)c1. The molecule has 0 aliphatic rings. The van der Waals surface area contributed by atoms with E-state index in [9.17, 15) is 0 Å². The van der Waals surface area contributed by atoms with Crippen LogP contribution in [0.2, 0.25) is 0 Å². The van der Waals surface area contributed by atoms with E-state index in [-0.39, 0.29) is 0 Å². The van der Waals surface area contributed by atoms with E-state index in [0.29, 0.717) is 5.56 Å². The van der Waals surface area contributed by atoms with Gasteiger partial charge < -0.3 is 10.1 Å². The number of hydrogen-bond acceptors (Lipinski definition) is 3. The van der Waals surface area contributed by atoms with Crippen LogP contribution in [0.5, 0.6) is 5.75 Å². The number of ether oxygens (including phenoxy) is 1. The first-order valence-corrected chi connectivity index (χ1v) is 6.41. The number of methoxy groups -OCH3 is 1. The lowest BCUT2D eigenvalue weighted by Crippen LogP contribution is -1.95. The van der Waals surface area contributed by atoms with Crippen molar-refractivity contribution in [3.05, 3.63) is 51.6 Å². The predicted molar refractivity (Wildman–Crippen MR) is 80.2 cm³/mol. The molecule has 2 rings (SSSR count). The van der Waals surface area contributed by atoms with Crippen molar-refractivity contribution in [1.29, 1.82) is 5.26 Å². The van der Waals surface area contributed by atoms with Crippen LogP contribution in [0.25, 0.3) is 0 Å². The first kappa shape index (κ1) is 12.7. The van der Waals surface area contributed by atoms with E-state index in [1.165, 1.54) is 0 Å². The molecule has 0 aliphatic heterocycles. The molecule has 0 spiro atoms. The van der Waals surface area contributed by atoms with Crippen molar-refractivity contribution in [2.45, 2.75) is 0 Å². The highest BCUT2D eigenvalue weighted by Crippen LogP contribution is 2.26. The highest BCUT2D eigenvalue weighted by molar-refractivity contribution is 14.1. The number of halogens is 1. The average Bonchev–Trinajstić information content (AvgIpc) is 2.38. The summed E-state index contributed by atoms with van der Waals surface area (Å²) >= 11 is 2.25. The summed E-state index contributed by atoms with van der Waals surface area (Å²) in [6.07, 6.45) is 0. The van der Waals surface area contributed by atoms with Gasteiger partial charge in [0.05, 0.1) is 18.4 Å². The Labute approximate surface area is 120 Å². The predicted octanol–water partition coefficient (Wildman–Crippen LogP) is 3.92. The quantitative estimate of drug-likeness (QED) is 0.854. The van der Waals surface area contributed by atoms with Crippen molar-refractivity contribution in [2.75, 3.05) is 12.4 Å². The molecule has 90 valence electrons. The Hall–Kier alpha value is -1.74. The van der Waals surface area contributed by atoms with E-state index in [4.69, 9.17) is 10.00 Å². The molecule has 0 atom stereocenters. The summed E-state index contributed by atoms with van der Waals surface area (Å²) in [6.45, 7) is 0. The van der Waals surface area contributed by atoms with Gasteiger partial charge in [0.25, 0.3) is 0 Å². The van der Waals surface area contributed by atoms with E-state index in [1.54, 1.807) is 19.2 Å². The Balaban J connectivity index is 2.36. The van der Waals surface area contributed by atoms with Gasteiger partial charge in [0, 0.05) is 15.3 Å². The van der Waals surface area contributed by atoms with Crippen LogP contribution in [0.3, 0.4) is 0 Å². The lowest BCUT2D eigenvalue weighted by Gasteiger charge is -2.10. The third kappa shape index (κ3) is 2.93. The summed E-state index contributed by atoms with van der Waals surface area (Å²) in [5, 5.41) is 12.3. The number of nitriles is 1. The second-order valence-electron chi connectivity index (χ2n) is 3.66. The fourth-order valence-electron chi connectivity index (χ4n) is 1.57. The maximum atomic E-state index is 9.08. The topological polar surface area (TPSA) is 45.0 Å². The second kappa shape index (κ2) is 5.74. The second-order valence-corrected chi connectivity index (χ2v) is 4.90. The zero-order valence-corrected chi connectivity index (χ0v) is 11.9. The number of anilines is 2. The molecule has 0 bridgehead atoms. The van der Waals surface area contributed by atoms with E-state index in [0.717, 1.165) is 20.7 Å². The van der Waals surface area contributed by atoms with Crippen LogP contribution in [-0.2, 0) is 0 Å². The maximum absolute atomic E-state index is 9.08. The standard InChI is InChI=1S/C14H11IN2O/c1-18-13-6-5-10(9-16)14(8-13)17-12-4-2-3-11(15)7-12/h2-8,17H,1H3. The molecule has 0 aromatic heterocycles. The number of hydrogen-bond donors (Lipinski definition) is 1. The fourth-order valence-corrected chi connectivity index (χ4v) is 2.12. The first-order chi connectivity index (χ1) is 8.72. The van der Waals surface area contributed by atoms with Crippen molar-refractivity contribution in [3.8, 4) is 11.8 Å². The summed E-state index contributed by atoms with van der Waals surface area (Å²) in [6, 6.07) is 15.5. The third-order valence-electron chi connectivity index (χ3n) is 2.45. The van der Waals surface area contributed by atoms with E-state index >= 15 is 0 Å². The third-order valence-corrected chi connectivity index (χ3v) is 3.12. The van der Waals surface area contributed by atoms with Crippen LogP contribution in [-0.4, -0.2) is 7.11 Å². The van der Waals surface area contributed by atoms with Crippen molar-refractivity contribution in [2.24, 2.45) is 0 Å². The first-order valence-electron chi connectivity index (χ1n) is 5.33. The van der Waals surface area contributed by atoms with Crippen molar-refractivity contribution in [3.63, 3.8) is 0 Å². The summed E-state index contributed by atoms with van der Waals surface area (Å²) in [7, 11) is 1.61. The van der Waals surface area contributed by atoms with Gasteiger partial charge >= 0.3 is 0 Å². The van der Waals surface area contributed by atoms with Crippen molar-refractivity contribution in [1.82, 2.24) is 0 Å². The van der Waals surface area contributed by atoms with Gasteiger partial charge in [0.15, 0.2) is 0 Å². The molecule has 0 radical (unpaired) electrons. The van der Waals surface area contributed by atoms with Crippen LogP contribution < -0.4 is 10.1 Å². The average molecular weight is 350 g/mol. The molecule has 2 aromatic carbocycles.